The summed E-state index contributed by atoms with van der Waals surface area (Å²) >= 11 is 0. The maximum atomic E-state index is 13.6. The van der Waals surface area contributed by atoms with Crippen LogP contribution in [0.5, 0.6) is 0 Å². The number of rotatable bonds is 9. The summed E-state index contributed by atoms with van der Waals surface area (Å²) in [4.78, 5) is 80.6. The molecule has 2 bridgehead atoms. The first-order valence-corrected chi connectivity index (χ1v) is 17.7. The first-order valence-electron chi connectivity index (χ1n) is 17.7. The number of ether oxygens (including phenoxy) is 1. The maximum Gasteiger partial charge on any atom is 0.246 e. The molecule has 0 aliphatic carbocycles. The highest BCUT2D eigenvalue weighted by Gasteiger charge is 2.30. The molecule has 14 heteroatoms. The third-order valence-electron chi connectivity index (χ3n) is 8.71. The van der Waals surface area contributed by atoms with E-state index in [4.69, 9.17) is 10.5 Å². The van der Waals surface area contributed by atoms with E-state index in [1.165, 1.54) is 4.90 Å². The molecule has 0 radical (unpaired) electrons. The number of nitrogens with zero attached hydrogens (tertiary/aromatic N) is 1. The van der Waals surface area contributed by atoms with E-state index in [9.17, 15) is 28.8 Å². The predicted octanol–water partition coefficient (Wildman–Crippen LogP) is 0.325. The van der Waals surface area contributed by atoms with Crippen LogP contribution in [-0.2, 0) is 46.5 Å². The molecule has 3 atom stereocenters. The Morgan fingerprint density at radius 1 is 0.904 bits per heavy atom. The van der Waals surface area contributed by atoms with Gasteiger partial charge < -0.3 is 42.0 Å². The number of amides is 6. The Bertz CT molecular complexity index is 1600. The van der Waals surface area contributed by atoms with Gasteiger partial charge in [-0.3, -0.25) is 28.8 Å². The first-order chi connectivity index (χ1) is 25.2. The van der Waals surface area contributed by atoms with Crippen molar-refractivity contribution in [1.82, 2.24) is 31.5 Å². The zero-order valence-corrected chi connectivity index (χ0v) is 29.3. The van der Waals surface area contributed by atoms with Gasteiger partial charge in [0.2, 0.25) is 35.4 Å². The Hall–Kier alpha value is -5.34. The summed E-state index contributed by atoms with van der Waals surface area (Å²) in [7, 11) is 0. The predicted molar refractivity (Wildman–Crippen MR) is 195 cm³/mol. The summed E-state index contributed by atoms with van der Waals surface area (Å²) < 4.78 is 5.32. The van der Waals surface area contributed by atoms with Gasteiger partial charge in [-0.2, -0.15) is 0 Å². The van der Waals surface area contributed by atoms with Crippen LogP contribution in [-0.4, -0.2) is 98.4 Å². The van der Waals surface area contributed by atoms with Crippen molar-refractivity contribution in [2.45, 2.75) is 50.7 Å². The molecule has 278 valence electrons. The number of fused-ring (bicyclic) bond motifs is 3. The normalized spacial score (nSPS) is 21.8. The van der Waals surface area contributed by atoms with E-state index in [0.29, 0.717) is 43.7 Å². The fourth-order valence-corrected chi connectivity index (χ4v) is 5.92. The molecule has 14 nitrogen and oxygen atoms in total. The molecule has 2 heterocycles. The van der Waals surface area contributed by atoms with Gasteiger partial charge in [-0.15, -0.1) is 0 Å². The summed E-state index contributed by atoms with van der Waals surface area (Å²) in [5, 5.41) is 14.0. The Morgan fingerprint density at radius 3 is 2.46 bits per heavy atom. The summed E-state index contributed by atoms with van der Waals surface area (Å²) in [6, 6.07) is 14.8. The molecule has 2 aromatic carbocycles. The van der Waals surface area contributed by atoms with Crippen molar-refractivity contribution in [2.24, 2.45) is 11.7 Å². The van der Waals surface area contributed by atoms with Crippen LogP contribution in [0.1, 0.15) is 42.4 Å². The average molecular weight is 716 g/mol. The van der Waals surface area contributed by atoms with Crippen molar-refractivity contribution >= 4 is 41.5 Å². The van der Waals surface area contributed by atoms with Crippen LogP contribution in [0.3, 0.4) is 0 Å². The number of piperidine rings is 1. The van der Waals surface area contributed by atoms with Gasteiger partial charge in [0.05, 0.1) is 25.6 Å². The fraction of sp³-hybridized carbons (Fsp3) is 0.421. The fourth-order valence-electron chi connectivity index (χ4n) is 5.92. The second-order valence-electron chi connectivity index (χ2n) is 12.6. The van der Waals surface area contributed by atoms with Gasteiger partial charge in [0.1, 0.15) is 12.1 Å². The number of hydrogen-bond donors (Lipinski definition) is 6. The zero-order valence-electron chi connectivity index (χ0n) is 29.3. The minimum atomic E-state index is -0.976. The number of carbonyl (C=O) groups excluding carboxylic acids is 6. The average Bonchev–Trinajstić information content (AvgIpc) is 3.15. The molecular formula is C38H49N7O7. The Labute approximate surface area is 304 Å². The quantitative estimate of drug-likeness (QED) is 0.200. The van der Waals surface area contributed by atoms with Gasteiger partial charge in [-0.05, 0) is 42.4 Å². The molecule has 2 aliphatic heterocycles. The zero-order chi connectivity index (χ0) is 37.1. The van der Waals surface area contributed by atoms with Crippen molar-refractivity contribution in [1.29, 1.82) is 0 Å². The summed E-state index contributed by atoms with van der Waals surface area (Å²) in [6.45, 7) is 1.83. The number of nitrogens with two attached hydrogens (primary N) is 1. The van der Waals surface area contributed by atoms with Gasteiger partial charge >= 0.3 is 0 Å². The van der Waals surface area contributed by atoms with E-state index in [1.54, 1.807) is 24.3 Å². The van der Waals surface area contributed by atoms with Crippen molar-refractivity contribution in [2.75, 3.05) is 45.9 Å². The molecule has 0 unspecified atom stereocenters. The number of nitrogens with one attached hydrogen (secondary N) is 5. The molecule has 2 aromatic rings. The Balaban J connectivity index is 1.55. The number of benzene rings is 2. The smallest absolute Gasteiger partial charge is 0.246 e. The largest absolute Gasteiger partial charge is 0.378 e. The standard InChI is InChI=1S/C38H49N7O7/c39-18-22-52-23-20-41-37(50)32-17-19-40-33(46)15-16-35(48)45-21-7-13-30(26-45)36(49)44-31(14-6-10-27-8-2-1-3-9-27)38(51)42-25-29-12-5-4-11-28(29)24-34(47)43-32/h1-6,8-12,15-16,30-32H,7,13-14,17-26,39H2,(H,40,46)(H,41,50)(H,42,51)(H,43,47)(H,44,49)/b10-6+,16-15+/t30-,31+,32+/m1/s1. The van der Waals surface area contributed by atoms with Crippen molar-refractivity contribution in [3.05, 3.63) is 89.5 Å². The minimum Gasteiger partial charge on any atom is -0.378 e. The monoisotopic (exact) mass is 715 g/mol. The maximum absolute atomic E-state index is 13.6. The molecule has 7 N–H and O–H groups in total. The Kier molecular flexibility index (Phi) is 16.0. The lowest BCUT2D eigenvalue weighted by atomic mass is 9.96. The highest BCUT2D eigenvalue weighted by Crippen LogP contribution is 2.18. The number of carbonyl (C=O) groups is 6. The summed E-state index contributed by atoms with van der Waals surface area (Å²) in [5.41, 5.74) is 7.72. The van der Waals surface area contributed by atoms with Gasteiger partial charge in [0.15, 0.2) is 0 Å². The molecule has 0 aromatic heterocycles. The SMILES string of the molecule is NCCOCCNC(=O)[C@@H]1CCNC(=O)/C=C/C(=O)N2CCC[C@H](C2)C(=O)N[C@@H](C/C=C/c2ccccc2)C(=O)NCc2ccccc2CC(=O)N1. The van der Waals surface area contributed by atoms with Crippen molar-refractivity contribution in [3.63, 3.8) is 0 Å². The van der Waals surface area contributed by atoms with Crippen LogP contribution in [0.2, 0.25) is 0 Å². The minimum absolute atomic E-state index is 0.0374. The van der Waals surface area contributed by atoms with Crippen molar-refractivity contribution < 1.29 is 33.5 Å². The van der Waals surface area contributed by atoms with Crippen LogP contribution in [0.4, 0.5) is 0 Å². The van der Waals surface area contributed by atoms with Gasteiger partial charge in [-0.1, -0.05) is 66.7 Å². The molecule has 0 spiro atoms. The Morgan fingerprint density at radius 2 is 1.67 bits per heavy atom. The van der Waals surface area contributed by atoms with Crippen LogP contribution in [0.25, 0.3) is 6.08 Å². The van der Waals surface area contributed by atoms with E-state index in [1.807, 2.05) is 42.5 Å². The molecule has 1 saturated heterocycles. The van der Waals surface area contributed by atoms with Gasteiger partial charge in [-0.25, -0.2) is 0 Å². The van der Waals surface area contributed by atoms with Crippen LogP contribution in [0, 0.1) is 5.92 Å². The lowest BCUT2D eigenvalue weighted by Crippen LogP contribution is -2.51. The van der Waals surface area contributed by atoms with E-state index in [-0.39, 0.29) is 58.0 Å². The summed E-state index contributed by atoms with van der Waals surface area (Å²) in [6.07, 6.45) is 7.30. The van der Waals surface area contributed by atoms with Crippen LogP contribution in [0.15, 0.2) is 72.8 Å². The lowest BCUT2D eigenvalue weighted by Gasteiger charge is -2.32. The lowest BCUT2D eigenvalue weighted by molar-refractivity contribution is -0.135. The molecule has 4 rings (SSSR count). The van der Waals surface area contributed by atoms with Crippen LogP contribution >= 0.6 is 0 Å². The molecule has 52 heavy (non-hydrogen) atoms. The van der Waals surface area contributed by atoms with E-state index in [2.05, 4.69) is 26.6 Å². The molecule has 6 amide bonds. The van der Waals surface area contributed by atoms with E-state index < -0.39 is 47.5 Å². The first kappa shape index (κ1) is 39.4. The van der Waals surface area contributed by atoms with Crippen molar-refractivity contribution in [3.8, 4) is 0 Å². The van der Waals surface area contributed by atoms with Crippen LogP contribution < -0.4 is 32.3 Å². The second kappa shape index (κ2) is 21.1. The van der Waals surface area contributed by atoms with E-state index >= 15 is 0 Å². The second-order valence-corrected chi connectivity index (χ2v) is 12.6. The third-order valence-corrected chi connectivity index (χ3v) is 8.71. The van der Waals surface area contributed by atoms with E-state index in [0.717, 1.165) is 17.7 Å². The molecular weight excluding hydrogens is 666 g/mol. The number of hydrogen-bond acceptors (Lipinski definition) is 8. The molecule has 0 saturated carbocycles. The highest BCUT2D eigenvalue weighted by atomic mass is 16.5. The van der Waals surface area contributed by atoms with Gasteiger partial charge in [0.25, 0.3) is 0 Å². The topological polar surface area (TPSA) is 201 Å². The third kappa shape index (κ3) is 13.1. The summed E-state index contributed by atoms with van der Waals surface area (Å²) in [5.74, 6) is -3.14. The van der Waals surface area contributed by atoms with Gasteiger partial charge in [0, 0.05) is 51.4 Å². The highest BCUT2D eigenvalue weighted by molar-refractivity contribution is 5.97. The molecule has 1 fully saturated rings. The molecule has 2 aliphatic rings.